The lowest BCUT2D eigenvalue weighted by molar-refractivity contribution is 0.0949. The fraction of sp³-hybridized carbons (Fsp3) is 0.267. The van der Waals surface area contributed by atoms with E-state index in [-0.39, 0.29) is 5.91 Å². The smallest absolute Gasteiger partial charge is 0.269 e. The summed E-state index contributed by atoms with van der Waals surface area (Å²) < 4.78 is 1.79. The second-order valence-corrected chi connectivity index (χ2v) is 4.39. The lowest BCUT2D eigenvalue weighted by Gasteiger charge is -2.05. The van der Waals surface area contributed by atoms with Crippen molar-refractivity contribution in [2.45, 2.75) is 6.42 Å². The second kappa shape index (κ2) is 7.22. The van der Waals surface area contributed by atoms with Crippen molar-refractivity contribution in [3.8, 4) is 11.8 Å². The van der Waals surface area contributed by atoms with Crippen LogP contribution in [0.25, 0.3) is 0 Å². The summed E-state index contributed by atoms with van der Waals surface area (Å²) >= 11 is 0. The van der Waals surface area contributed by atoms with E-state index in [2.05, 4.69) is 27.2 Å². The van der Waals surface area contributed by atoms with Crippen molar-refractivity contribution in [2.24, 2.45) is 12.8 Å². The molecular formula is C15H17N5O. The van der Waals surface area contributed by atoms with Gasteiger partial charge in [-0.1, -0.05) is 11.8 Å². The first-order valence-electron chi connectivity index (χ1n) is 6.61. The zero-order valence-corrected chi connectivity index (χ0v) is 11.8. The summed E-state index contributed by atoms with van der Waals surface area (Å²) in [6, 6.07) is 5.33. The first kappa shape index (κ1) is 14.8. The maximum atomic E-state index is 11.9. The first-order chi connectivity index (χ1) is 10.2. The Kier molecular flexibility index (Phi) is 5.07. The van der Waals surface area contributed by atoms with Gasteiger partial charge in [0.15, 0.2) is 0 Å². The van der Waals surface area contributed by atoms with Crippen molar-refractivity contribution in [2.75, 3.05) is 13.1 Å². The molecule has 2 rings (SSSR count). The Labute approximate surface area is 123 Å². The highest BCUT2D eigenvalue weighted by Crippen LogP contribution is 2.00. The summed E-state index contributed by atoms with van der Waals surface area (Å²) in [5, 5.41) is 6.91. The molecule has 0 aliphatic heterocycles. The minimum atomic E-state index is -0.199. The Morgan fingerprint density at radius 2 is 2.29 bits per heavy atom. The number of aryl methyl sites for hydroxylation is 1. The molecule has 6 heteroatoms. The lowest BCUT2D eigenvalue weighted by atomic mass is 10.2. The number of carbonyl (C=O) groups is 1. The van der Waals surface area contributed by atoms with Crippen molar-refractivity contribution >= 4 is 5.91 Å². The Morgan fingerprint density at radius 3 is 2.90 bits per heavy atom. The quantitative estimate of drug-likeness (QED) is 0.779. The molecule has 0 atom stereocenters. The fourth-order valence-corrected chi connectivity index (χ4v) is 1.80. The summed E-state index contributed by atoms with van der Waals surface area (Å²) in [5.74, 6) is 5.40. The van der Waals surface area contributed by atoms with Gasteiger partial charge in [0, 0.05) is 43.7 Å². The number of hydrogen-bond acceptors (Lipinski definition) is 4. The van der Waals surface area contributed by atoms with E-state index in [1.807, 2.05) is 13.1 Å². The van der Waals surface area contributed by atoms with Crippen LogP contribution in [0.4, 0.5) is 0 Å². The van der Waals surface area contributed by atoms with Gasteiger partial charge >= 0.3 is 0 Å². The molecule has 108 valence electrons. The minimum absolute atomic E-state index is 0.199. The molecule has 0 fully saturated rings. The van der Waals surface area contributed by atoms with Crippen molar-refractivity contribution in [1.29, 1.82) is 0 Å². The number of aromatic nitrogens is 3. The predicted molar refractivity (Wildman–Crippen MR) is 79.4 cm³/mol. The topological polar surface area (TPSA) is 85.8 Å². The summed E-state index contributed by atoms with van der Waals surface area (Å²) in [6.07, 6.45) is 4.03. The van der Waals surface area contributed by atoms with Crippen molar-refractivity contribution in [3.05, 3.63) is 47.5 Å². The number of nitrogens with two attached hydrogens (primary N) is 1. The number of amides is 1. The highest BCUT2D eigenvalue weighted by Gasteiger charge is 2.06. The van der Waals surface area contributed by atoms with Gasteiger partial charge in [-0.25, -0.2) is 4.98 Å². The van der Waals surface area contributed by atoms with E-state index in [0.29, 0.717) is 18.8 Å². The van der Waals surface area contributed by atoms with Crippen LogP contribution in [-0.2, 0) is 13.5 Å². The van der Waals surface area contributed by atoms with Crippen LogP contribution in [0.2, 0.25) is 0 Å². The Hall–Kier alpha value is -2.65. The van der Waals surface area contributed by atoms with Crippen LogP contribution >= 0.6 is 0 Å². The first-order valence-corrected chi connectivity index (χ1v) is 6.61. The van der Waals surface area contributed by atoms with Gasteiger partial charge in [-0.15, -0.1) is 0 Å². The third-order valence-corrected chi connectivity index (χ3v) is 2.92. The van der Waals surface area contributed by atoms with Gasteiger partial charge in [0.2, 0.25) is 0 Å². The maximum absolute atomic E-state index is 11.9. The van der Waals surface area contributed by atoms with Gasteiger partial charge in [0.1, 0.15) is 5.69 Å². The molecule has 0 aliphatic carbocycles. The van der Waals surface area contributed by atoms with E-state index >= 15 is 0 Å². The Balaban J connectivity index is 1.87. The highest BCUT2D eigenvalue weighted by atomic mass is 16.1. The summed E-state index contributed by atoms with van der Waals surface area (Å²) in [5.41, 5.74) is 7.48. The third kappa shape index (κ3) is 4.16. The molecule has 0 spiro atoms. The standard InChI is InChI=1S/C15H17N5O/c1-20-13(7-10-19-20)6-9-17-15(21)14-5-4-12(11-18-14)3-2-8-16/h4-5,7,10-11H,6,8-9,16H2,1H3,(H,17,21). The number of pyridine rings is 1. The SMILES string of the molecule is Cn1nccc1CCNC(=O)c1ccc(C#CCN)cn1. The van der Waals surface area contributed by atoms with Crippen molar-refractivity contribution < 1.29 is 4.79 Å². The van der Waals surface area contributed by atoms with E-state index in [9.17, 15) is 4.79 Å². The number of carbonyl (C=O) groups excluding carboxylic acids is 1. The van der Waals surface area contributed by atoms with Crippen molar-refractivity contribution in [1.82, 2.24) is 20.1 Å². The van der Waals surface area contributed by atoms with Crippen LogP contribution in [0.5, 0.6) is 0 Å². The molecule has 0 unspecified atom stereocenters. The minimum Gasteiger partial charge on any atom is -0.350 e. The maximum Gasteiger partial charge on any atom is 0.269 e. The zero-order valence-electron chi connectivity index (χ0n) is 11.8. The van der Waals surface area contributed by atoms with Crippen LogP contribution < -0.4 is 11.1 Å². The van der Waals surface area contributed by atoms with Gasteiger partial charge in [0.25, 0.3) is 5.91 Å². The highest BCUT2D eigenvalue weighted by molar-refractivity contribution is 5.92. The molecule has 2 aromatic heterocycles. The molecule has 0 radical (unpaired) electrons. The monoisotopic (exact) mass is 283 g/mol. The van der Waals surface area contributed by atoms with Gasteiger partial charge in [-0.3, -0.25) is 9.48 Å². The molecule has 2 heterocycles. The summed E-state index contributed by atoms with van der Waals surface area (Å²) in [6.45, 7) is 0.838. The normalized spacial score (nSPS) is 9.81. The van der Waals surface area contributed by atoms with Crippen LogP contribution in [0, 0.1) is 11.8 Å². The lowest BCUT2D eigenvalue weighted by Crippen LogP contribution is -2.27. The number of nitrogens with one attached hydrogen (secondary N) is 1. The van der Waals surface area contributed by atoms with Gasteiger partial charge < -0.3 is 11.1 Å². The average Bonchev–Trinajstić information content (AvgIpc) is 2.91. The zero-order chi connectivity index (χ0) is 15.1. The van der Waals surface area contributed by atoms with Crippen molar-refractivity contribution in [3.63, 3.8) is 0 Å². The van der Waals surface area contributed by atoms with Crippen LogP contribution in [0.3, 0.4) is 0 Å². The number of rotatable bonds is 4. The van der Waals surface area contributed by atoms with Crippen LogP contribution in [0.15, 0.2) is 30.6 Å². The molecule has 3 N–H and O–H groups in total. The van der Waals surface area contributed by atoms with E-state index in [1.165, 1.54) is 0 Å². The van der Waals surface area contributed by atoms with E-state index in [0.717, 1.165) is 17.7 Å². The predicted octanol–water partition coefficient (Wildman–Crippen LogP) is 0.0978. The van der Waals surface area contributed by atoms with Crippen LogP contribution in [0.1, 0.15) is 21.7 Å². The van der Waals surface area contributed by atoms with E-state index in [1.54, 1.807) is 29.2 Å². The molecule has 21 heavy (non-hydrogen) atoms. The van der Waals surface area contributed by atoms with Gasteiger partial charge in [-0.05, 0) is 18.2 Å². The Morgan fingerprint density at radius 1 is 1.43 bits per heavy atom. The van der Waals surface area contributed by atoms with E-state index in [4.69, 9.17) is 5.73 Å². The molecule has 6 nitrogen and oxygen atoms in total. The molecular weight excluding hydrogens is 266 g/mol. The van der Waals surface area contributed by atoms with Gasteiger partial charge in [-0.2, -0.15) is 5.10 Å². The molecule has 1 amide bonds. The van der Waals surface area contributed by atoms with Crippen LogP contribution in [-0.4, -0.2) is 33.8 Å². The summed E-state index contributed by atoms with van der Waals surface area (Å²) in [7, 11) is 1.87. The molecule has 0 bridgehead atoms. The van der Waals surface area contributed by atoms with Gasteiger partial charge in [0.05, 0.1) is 6.54 Å². The average molecular weight is 283 g/mol. The largest absolute Gasteiger partial charge is 0.350 e. The molecule has 0 saturated carbocycles. The molecule has 2 aromatic rings. The number of hydrogen-bond donors (Lipinski definition) is 2. The third-order valence-electron chi connectivity index (χ3n) is 2.92. The number of nitrogens with zero attached hydrogens (tertiary/aromatic N) is 3. The molecule has 0 aromatic carbocycles. The van der Waals surface area contributed by atoms with E-state index < -0.39 is 0 Å². The molecule has 0 aliphatic rings. The second-order valence-electron chi connectivity index (χ2n) is 4.39. The molecule has 0 saturated heterocycles. The Bertz CT molecular complexity index is 663. The summed E-state index contributed by atoms with van der Waals surface area (Å²) in [4.78, 5) is 16.0. The fourth-order valence-electron chi connectivity index (χ4n) is 1.80.